The van der Waals surface area contributed by atoms with Crippen molar-refractivity contribution in [2.75, 3.05) is 39.1 Å². The highest BCUT2D eigenvalue weighted by atomic mass is 16.6. The van der Waals surface area contributed by atoms with E-state index in [1.807, 2.05) is 0 Å². The number of anilines is 1. The Balaban J connectivity index is 1.97. The number of nitrogens with zero attached hydrogens (tertiary/aromatic N) is 2. The Kier molecular flexibility index (Phi) is 4.79. The zero-order valence-corrected chi connectivity index (χ0v) is 12.0. The Morgan fingerprint density at radius 1 is 1.55 bits per heavy atom. The number of hydrogen-bond acceptors (Lipinski definition) is 5. The summed E-state index contributed by atoms with van der Waals surface area (Å²) in [5, 5.41) is 14.2. The topological polar surface area (TPSA) is 67.6 Å². The number of methoxy groups -OCH3 is 1. The Morgan fingerprint density at radius 3 is 3.00 bits per heavy atom. The number of nitro groups is 1. The van der Waals surface area contributed by atoms with Crippen molar-refractivity contribution >= 4 is 11.4 Å². The summed E-state index contributed by atoms with van der Waals surface area (Å²) in [6.07, 6.45) is 2.45. The third-order valence-electron chi connectivity index (χ3n) is 3.69. The molecule has 1 saturated heterocycles. The van der Waals surface area contributed by atoms with Gasteiger partial charge in [-0.05, 0) is 38.4 Å². The van der Waals surface area contributed by atoms with Crippen LogP contribution in [0, 0.1) is 16.0 Å². The van der Waals surface area contributed by atoms with Crippen LogP contribution in [-0.2, 0) is 0 Å². The minimum atomic E-state index is -0.432. The van der Waals surface area contributed by atoms with Crippen molar-refractivity contribution in [3.63, 3.8) is 0 Å². The van der Waals surface area contributed by atoms with Crippen molar-refractivity contribution in [2.45, 2.75) is 12.8 Å². The molecule has 0 bridgehead atoms. The smallest absolute Gasteiger partial charge is 0.311 e. The molecule has 1 atom stereocenters. The maximum Gasteiger partial charge on any atom is 0.311 e. The Morgan fingerprint density at radius 2 is 2.35 bits per heavy atom. The van der Waals surface area contributed by atoms with Crippen LogP contribution < -0.4 is 10.1 Å². The number of nitro benzene ring substituents is 1. The first-order valence-electron chi connectivity index (χ1n) is 6.85. The molecule has 1 aliphatic heterocycles. The van der Waals surface area contributed by atoms with Gasteiger partial charge in [0.05, 0.1) is 12.0 Å². The molecule has 1 heterocycles. The molecule has 0 radical (unpaired) electrons. The van der Waals surface area contributed by atoms with Gasteiger partial charge in [-0.2, -0.15) is 0 Å². The Bertz CT molecular complexity index is 479. The van der Waals surface area contributed by atoms with Crippen LogP contribution >= 0.6 is 0 Å². The maximum absolute atomic E-state index is 10.8. The lowest BCUT2D eigenvalue weighted by molar-refractivity contribution is -0.385. The SMILES string of the molecule is COc1cc(NCC2CCCN(C)C2)ccc1[N+](=O)[O-]. The highest BCUT2D eigenvalue weighted by Gasteiger charge is 2.18. The van der Waals surface area contributed by atoms with Gasteiger partial charge in [0, 0.05) is 30.9 Å². The van der Waals surface area contributed by atoms with Gasteiger partial charge in [-0.3, -0.25) is 10.1 Å². The van der Waals surface area contributed by atoms with Gasteiger partial charge in [-0.15, -0.1) is 0 Å². The normalized spacial score (nSPS) is 19.6. The van der Waals surface area contributed by atoms with Gasteiger partial charge in [0.1, 0.15) is 0 Å². The van der Waals surface area contributed by atoms with Crippen LogP contribution in [0.1, 0.15) is 12.8 Å². The van der Waals surface area contributed by atoms with Gasteiger partial charge in [-0.25, -0.2) is 0 Å². The summed E-state index contributed by atoms with van der Waals surface area (Å²) in [5.41, 5.74) is 0.858. The second-order valence-electron chi connectivity index (χ2n) is 5.30. The van der Waals surface area contributed by atoms with Crippen LogP contribution in [0.5, 0.6) is 5.75 Å². The van der Waals surface area contributed by atoms with E-state index in [4.69, 9.17) is 4.74 Å². The summed E-state index contributed by atoms with van der Waals surface area (Å²) in [6.45, 7) is 3.14. The number of benzene rings is 1. The molecule has 1 aromatic carbocycles. The minimum Gasteiger partial charge on any atom is -0.490 e. The third-order valence-corrected chi connectivity index (χ3v) is 3.69. The van der Waals surface area contributed by atoms with Crippen molar-refractivity contribution in [2.24, 2.45) is 5.92 Å². The molecule has 20 heavy (non-hydrogen) atoms. The van der Waals surface area contributed by atoms with Gasteiger partial charge in [0.15, 0.2) is 5.75 Å². The van der Waals surface area contributed by atoms with E-state index in [9.17, 15) is 10.1 Å². The van der Waals surface area contributed by atoms with E-state index >= 15 is 0 Å². The van der Waals surface area contributed by atoms with Crippen LogP contribution in [0.2, 0.25) is 0 Å². The second-order valence-corrected chi connectivity index (χ2v) is 5.30. The summed E-state index contributed by atoms with van der Waals surface area (Å²) in [7, 11) is 3.59. The minimum absolute atomic E-state index is 0.00421. The molecular weight excluding hydrogens is 258 g/mol. The van der Waals surface area contributed by atoms with Crippen molar-refractivity contribution in [3.05, 3.63) is 28.3 Å². The van der Waals surface area contributed by atoms with Gasteiger partial charge in [-0.1, -0.05) is 0 Å². The van der Waals surface area contributed by atoms with Crippen molar-refractivity contribution in [3.8, 4) is 5.75 Å². The van der Waals surface area contributed by atoms with Crippen LogP contribution in [0.25, 0.3) is 0 Å². The molecular formula is C14H21N3O3. The number of hydrogen-bond donors (Lipinski definition) is 1. The third kappa shape index (κ3) is 3.60. The van der Waals surface area contributed by atoms with E-state index in [1.165, 1.54) is 32.6 Å². The molecule has 2 rings (SSSR count). The molecule has 1 fully saturated rings. The average Bonchev–Trinajstić information content (AvgIpc) is 2.44. The molecule has 0 amide bonds. The lowest BCUT2D eigenvalue weighted by Gasteiger charge is -2.30. The zero-order valence-electron chi connectivity index (χ0n) is 12.0. The molecule has 1 N–H and O–H groups in total. The van der Waals surface area contributed by atoms with Crippen LogP contribution in [-0.4, -0.2) is 43.6 Å². The first-order valence-corrected chi connectivity index (χ1v) is 6.85. The van der Waals surface area contributed by atoms with Gasteiger partial charge < -0.3 is 15.0 Å². The molecule has 0 aliphatic carbocycles. The molecule has 110 valence electrons. The van der Waals surface area contributed by atoms with Gasteiger partial charge in [0.25, 0.3) is 0 Å². The largest absolute Gasteiger partial charge is 0.490 e. The molecule has 0 spiro atoms. The molecule has 1 aromatic rings. The summed E-state index contributed by atoms with van der Waals surface area (Å²) in [5.74, 6) is 0.913. The highest BCUT2D eigenvalue weighted by Crippen LogP contribution is 2.29. The number of piperidine rings is 1. The fourth-order valence-electron chi connectivity index (χ4n) is 2.64. The summed E-state index contributed by atoms with van der Waals surface area (Å²) >= 11 is 0. The predicted octanol–water partition coefficient (Wildman–Crippen LogP) is 2.36. The van der Waals surface area contributed by atoms with E-state index in [2.05, 4.69) is 17.3 Å². The maximum atomic E-state index is 10.8. The monoisotopic (exact) mass is 279 g/mol. The van der Waals surface area contributed by atoms with E-state index in [0.717, 1.165) is 18.8 Å². The zero-order chi connectivity index (χ0) is 14.5. The number of nitrogens with one attached hydrogen (secondary N) is 1. The van der Waals surface area contributed by atoms with Crippen molar-refractivity contribution < 1.29 is 9.66 Å². The fourth-order valence-corrected chi connectivity index (χ4v) is 2.64. The molecule has 1 unspecified atom stereocenters. The fraction of sp³-hybridized carbons (Fsp3) is 0.571. The number of ether oxygens (including phenoxy) is 1. The molecule has 0 aromatic heterocycles. The quantitative estimate of drug-likeness (QED) is 0.662. The molecule has 6 heteroatoms. The van der Waals surface area contributed by atoms with Crippen LogP contribution in [0.3, 0.4) is 0 Å². The second kappa shape index (κ2) is 6.56. The lowest BCUT2D eigenvalue weighted by Crippen LogP contribution is -2.35. The Labute approximate surface area is 118 Å². The summed E-state index contributed by atoms with van der Waals surface area (Å²) in [4.78, 5) is 12.7. The highest BCUT2D eigenvalue weighted by molar-refractivity contribution is 5.57. The van der Waals surface area contributed by atoms with E-state index in [1.54, 1.807) is 12.1 Å². The average molecular weight is 279 g/mol. The van der Waals surface area contributed by atoms with E-state index in [-0.39, 0.29) is 5.69 Å². The first kappa shape index (κ1) is 14.6. The standard InChI is InChI=1S/C14H21N3O3/c1-16-7-3-4-11(10-16)9-15-12-5-6-13(17(18)19)14(8-12)20-2/h5-6,8,11,15H,3-4,7,9-10H2,1-2H3. The Hall–Kier alpha value is -1.82. The summed E-state index contributed by atoms with van der Waals surface area (Å²) < 4.78 is 5.07. The molecule has 6 nitrogen and oxygen atoms in total. The predicted molar refractivity (Wildman–Crippen MR) is 78.4 cm³/mol. The summed E-state index contributed by atoms with van der Waals surface area (Å²) in [6, 6.07) is 4.89. The van der Waals surface area contributed by atoms with E-state index in [0.29, 0.717) is 11.7 Å². The number of rotatable bonds is 5. The first-order chi connectivity index (χ1) is 9.60. The van der Waals surface area contributed by atoms with Crippen molar-refractivity contribution in [1.82, 2.24) is 4.90 Å². The van der Waals surface area contributed by atoms with Crippen LogP contribution in [0.15, 0.2) is 18.2 Å². The van der Waals surface area contributed by atoms with Crippen molar-refractivity contribution in [1.29, 1.82) is 0 Å². The van der Waals surface area contributed by atoms with Gasteiger partial charge in [0.2, 0.25) is 0 Å². The lowest BCUT2D eigenvalue weighted by atomic mass is 9.98. The van der Waals surface area contributed by atoms with E-state index < -0.39 is 4.92 Å². The van der Waals surface area contributed by atoms with Crippen LogP contribution in [0.4, 0.5) is 11.4 Å². The number of likely N-dealkylation sites (tertiary alicyclic amines) is 1. The van der Waals surface area contributed by atoms with Gasteiger partial charge >= 0.3 is 5.69 Å². The molecule has 0 saturated carbocycles. The molecule has 1 aliphatic rings.